The summed E-state index contributed by atoms with van der Waals surface area (Å²) < 4.78 is 0. The van der Waals surface area contributed by atoms with E-state index in [9.17, 15) is 9.59 Å². The summed E-state index contributed by atoms with van der Waals surface area (Å²) >= 11 is 0. The van der Waals surface area contributed by atoms with Gasteiger partial charge in [0.25, 0.3) is 0 Å². The first kappa shape index (κ1) is 18.9. The molecule has 0 aromatic heterocycles. The third-order valence-corrected chi connectivity index (χ3v) is 4.13. The summed E-state index contributed by atoms with van der Waals surface area (Å²) in [6.07, 6.45) is 4.12. The molecule has 0 saturated heterocycles. The van der Waals surface area contributed by atoms with Crippen LogP contribution in [0.2, 0.25) is 0 Å². The Morgan fingerprint density at radius 2 is 1.32 bits per heavy atom. The molecule has 5 heteroatoms. The van der Waals surface area contributed by atoms with Gasteiger partial charge in [0.05, 0.1) is 0 Å². The highest BCUT2D eigenvalue weighted by atomic mass is 16.5. The number of rotatable bonds is 9. The summed E-state index contributed by atoms with van der Waals surface area (Å²) in [6.45, 7) is 0. The molecule has 2 radical (unpaired) electrons. The Labute approximate surface area is 149 Å². The molecule has 0 aliphatic heterocycles. The van der Waals surface area contributed by atoms with Gasteiger partial charge in [0.2, 0.25) is 5.91 Å². The lowest BCUT2D eigenvalue weighted by Crippen LogP contribution is -2.17. The standard InChI is InChI=1S/C20H22BNO3/c21-18-13-11-16(12-14-18)15-7-9-17(10-8-15)19(23)5-3-1-2-4-6-20(24)22-25/h7-14,25H,1-6H2,(H,22,24). The summed E-state index contributed by atoms with van der Waals surface area (Å²) in [5.41, 5.74) is 5.19. The van der Waals surface area contributed by atoms with E-state index in [1.807, 2.05) is 48.5 Å². The van der Waals surface area contributed by atoms with Crippen molar-refractivity contribution in [2.75, 3.05) is 0 Å². The quantitative estimate of drug-likeness (QED) is 0.243. The van der Waals surface area contributed by atoms with Gasteiger partial charge in [-0.2, -0.15) is 0 Å². The number of Topliss-reactive ketones (excluding diaryl/α,β-unsaturated/α-hetero) is 1. The van der Waals surface area contributed by atoms with Crippen molar-refractivity contribution in [3.8, 4) is 11.1 Å². The number of ketones is 1. The molecule has 0 aliphatic carbocycles. The first-order chi connectivity index (χ1) is 12.1. The van der Waals surface area contributed by atoms with Gasteiger partial charge in [-0.15, -0.1) is 0 Å². The molecule has 4 nitrogen and oxygen atoms in total. The van der Waals surface area contributed by atoms with Gasteiger partial charge in [0, 0.05) is 18.4 Å². The van der Waals surface area contributed by atoms with Gasteiger partial charge >= 0.3 is 0 Å². The average molecular weight is 335 g/mol. The normalized spacial score (nSPS) is 10.4. The molecular formula is C20H22BNO3. The lowest BCUT2D eigenvalue weighted by molar-refractivity contribution is -0.129. The van der Waals surface area contributed by atoms with E-state index >= 15 is 0 Å². The molecule has 2 rings (SSSR count). The van der Waals surface area contributed by atoms with E-state index in [0.717, 1.165) is 47.8 Å². The van der Waals surface area contributed by atoms with Crippen molar-refractivity contribution >= 4 is 25.0 Å². The largest absolute Gasteiger partial charge is 0.294 e. The zero-order chi connectivity index (χ0) is 18.1. The summed E-state index contributed by atoms with van der Waals surface area (Å²) in [5.74, 6) is -0.228. The van der Waals surface area contributed by atoms with E-state index in [1.54, 1.807) is 5.48 Å². The summed E-state index contributed by atoms with van der Waals surface area (Å²) in [5, 5.41) is 8.39. The number of benzene rings is 2. The fourth-order valence-corrected chi connectivity index (χ4v) is 2.65. The third-order valence-electron chi connectivity index (χ3n) is 4.13. The van der Waals surface area contributed by atoms with Gasteiger partial charge < -0.3 is 0 Å². The maximum atomic E-state index is 12.2. The highest BCUT2D eigenvalue weighted by Gasteiger charge is 2.06. The van der Waals surface area contributed by atoms with Crippen molar-refractivity contribution in [2.45, 2.75) is 38.5 Å². The Morgan fingerprint density at radius 1 is 0.800 bits per heavy atom. The van der Waals surface area contributed by atoms with Crippen molar-refractivity contribution in [1.82, 2.24) is 5.48 Å². The topological polar surface area (TPSA) is 66.4 Å². The molecule has 25 heavy (non-hydrogen) atoms. The first-order valence-electron chi connectivity index (χ1n) is 8.52. The van der Waals surface area contributed by atoms with Crippen molar-refractivity contribution in [1.29, 1.82) is 0 Å². The van der Waals surface area contributed by atoms with Crippen LogP contribution in [0.4, 0.5) is 0 Å². The minimum Gasteiger partial charge on any atom is -0.294 e. The first-order valence-corrected chi connectivity index (χ1v) is 8.52. The van der Waals surface area contributed by atoms with Crippen LogP contribution in [0.15, 0.2) is 48.5 Å². The molecule has 0 fully saturated rings. The Bertz CT molecular complexity index is 696. The number of hydrogen-bond donors (Lipinski definition) is 2. The summed E-state index contributed by atoms with van der Waals surface area (Å²) in [7, 11) is 5.69. The van der Waals surface area contributed by atoms with Gasteiger partial charge in [-0.1, -0.05) is 66.8 Å². The minimum atomic E-state index is -0.364. The van der Waals surface area contributed by atoms with E-state index in [2.05, 4.69) is 0 Å². The van der Waals surface area contributed by atoms with Crippen LogP contribution in [0, 0.1) is 0 Å². The second-order valence-corrected chi connectivity index (χ2v) is 6.07. The van der Waals surface area contributed by atoms with E-state index in [1.165, 1.54) is 0 Å². The molecular weight excluding hydrogens is 313 g/mol. The second kappa shape index (κ2) is 9.79. The number of carbonyl (C=O) groups is 2. The SMILES string of the molecule is [B]c1ccc(-c2ccc(C(=O)CCCCCCC(=O)NO)cc2)cc1. The van der Waals surface area contributed by atoms with Gasteiger partial charge in [-0.3, -0.25) is 14.8 Å². The maximum absolute atomic E-state index is 12.2. The summed E-state index contributed by atoms with van der Waals surface area (Å²) in [6, 6.07) is 15.3. The Balaban J connectivity index is 1.76. The minimum absolute atomic E-state index is 0.136. The molecule has 1 amide bonds. The second-order valence-electron chi connectivity index (χ2n) is 6.07. The van der Waals surface area contributed by atoms with Crippen LogP contribution in [0.25, 0.3) is 11.1 Å². The van der Waals surface area contributed by atoms with E-state index in [-0.39, 0.29) is 11.7 Å². The van der Waals surface area contributed by atoms with Crippen molar-refractivity contribution in [2.24, 2.45) is 0 Å². The summed E-state index contributed by atoms with van der Waals surface area (Å²) in [4.78, 5) is 23.1. The van der Waals surface area contributed by atoms with Crippen LogP contribution in [0.3, 0.4) is 0 Å². The number of amides is 1. The predicted octanol–water partition coefficient (Wildman–Crippen LogP) is 3.18. The molecule has 0 spiro atoms. The van der Waals surface area contributed by atoms with E-state index in [4.69, 9.17) is 13.1 Å². The zero-order valence-corrected chi connectivity index (χ0v) is 14.2. The van der Waals surface area contributed by atoms with Gasteiger partial charge in [-0.05, 0) is 24.0 Å². The van der Waals surface area contributed by atoms with Crippen LogP contribution >= 0.6 is 0 Å². The molecule has 0 atom stereocenters. The Morgan fingerprint density at radius 3 is 1.88 bits per heavy atom. The maximum Gasteiger partial charge on any atom is 0.243 e. The Hall–Kier alpha value is -2.40. The van der Waals surface area contributed by atoms with Gasteiger partial charge in [-0.25, -0.2) is 5.48 Å². The van der Waals surface area contributed by atoms with Crippen molar-refractivity contribution in [3.05, 3.63) is 54.1 Å². The molecule has 2 aromatic rings. The lowest BCUT2D eigenvalue weighted by Gasteiger charge is -2.05. The average Bonchev–Trinajstić information content (AvgIpc) is 2.65. The van der Waals surface area contributed by atoms with Crippen LogP contribution in [0.1, 0.15) is 48.9 Å². The van der Waals surface area contributed by atoms with Crippen LogP contribution in [0.5, 0.6) is 0 Å². The van der Waals surface area contributed by atoms with Gasteiger partial charge in [0.15, 0.2) is 5.78 Å². The zero-order valence-electron chi connectivity index (χ0n) is 14.2. The molecule has 128 valence electrons. The molecule has 0 saturated carbocycles. The third kappa shape index (κ3) is 6.20. The Kier molecular flexibility index (Phi) is 7.42. The monoisotopic (exact) mass is 335 g/mol. The highest BCUT2D eigenvalue weighted by molar-refractivity contribution is 6.32. The number of hydroxylamine groups is 1. The fraction of sp³-hybridized carbons (Fsp3) is 0.300. The molecule has 2 N–H and O–H groups in total. The fourth-order valence-electron chi connectivity index (χ4n) is 2.65. The lowest BCUT2D eigenvalue weighted by atomic mass is 9.93. The van der Waals surface area contributed by atoms with Crippen LogP contribution < -0.4 is 10.9 Å². The smallest absolute Gasteiger partial charge is 0.243 e. The van der Waals surface area contributed by atoms with Crippen molar-refractivity contribution in [3.63, 3.8) is 0 Å². The van der Waals surface area contributed by atoms with E-state index < -0.39 is 0 Å². The highest BCUT2D eigenvalue weighted by Crippen LogP contribution is 2.20. The molecule has 2 aromatic carbocycles. The predicted molar refractivity (Wildman–Crippen MR) is 99.2 cm³/mol. The molecule has 0 heterocycles. The molecule has 0 aliphatic rings. The van der Waals surface area contributed by atoms with Crippen molar-refractivity contribution < 1.29 is 14.8 Å². The van der Waals surface area contributed by atoms with Crippen LogP contribution in [-0.4, -0.2) is 24.7 Å². The number of carbonyl (C=O) groups excluding carboxylic acids is 2. The molecule has 0 unspecified atom stereocenters. The van der Waals surface area contributed by atoms with E-state index in [0.29, 0.717) is 12.8 Å². The number of hydrogen-bond acceptors (Lipinski definition) is 3. The van der Waals surface area contributed by atoms with Crippen LogP contribution in [-0.2, 0) is 4.79 Å². The molecule has 0 bridgehead atoms. The van der Waals surface area contributed by atoms with Gasteiger partial charge in [0.1, 0.15) is 7.85 Å². The number of unbranched alkanes of at least 4 members (excludes halogenated alkanes) is 3. The number of nitrogens with one attached hydrogen (secondary N) is 1.